The predicted molar refractivity (Wildman–Crippen MR) is 79.7 cm³/mol. The summed E-state index contributed by atoms with van der Waals surface area (Å²) in [5.74, 6) is -0.369. The number of hydrogen-bond donors (Lipinski definition) is 0. The molecule has 2 heteroatoms. The first-order valence-electron chi connectivity index (χ1n) is 6.66. The molecular formula is C18H17NO. The lowest BCUT2D eigenvalue weighted by atomic mass is 9.87. The van der Waals surface area contributed by atoms with E-state index in [-0.39, 0.29) is 18.1 Å². The van der Waals surface area contributed by atoms with Gasteiger partial charge in [0.1, 0.15) is 0 Å². The summed E-state index contributed by atoms with van der Waals surface area (Å²) in [5, 5.41) is 9.00. The Morgan fingerprint density at radius 2 is 1.70 bits per heavy atom. The SMILES string of the molecule is Cc1cc(C)cc(C(=O)C(CC#N)c2ccccc2)c1. The molecule has 0 aliphatic carbocycles. The van der Waals surface area contributed by atoms with E-state index in [2.05, 4.69) is 6.07 Å². The molecule has 0 fully saturated rings. The van der Waals surface area contributed by atoms with E-state index in [1.54, 1.807) is 0 Å². The third-order valence-corrected chi connectivity index (χ3v) is 3.32. The van der Waals surface area contributed by atoms with Crippen LogP contribution >= 0.6 is 0 Å². The molecule has 1 atom stereocenters. The first kappa shape index (κ1) is 14.0. The van der Waals surface area contributed by atoms with Crippen molar-refractivity contribution < 1.29 is 4.79 Å². The molecule has 0 aromatic heterocycles. The second-order valence-electron chi connectivity index (χ2n) is 5.07. The zero-order chi connectivity index (χ0) is 14.5. The minimum absolute atomic E-state index is 0.0181. The molecule has 1 unspecified atom stereocenters. The average molecular weight is 263 g/mol. The fraction of sp³-hybridized carbons (Fsp3) is 0.222. The molecular weight excluding hydrogens is 246 g/mol. The number of aryl methyl sites for hydroxylation is 2. The largest absolute Gasteiger partial charge is 0.293 e. The van der Waals surface area contributed by atoms with E-state index in [0.29, 0.717) is 5.56 Å². The van der Waals surface area contributed by atoms with Crippen LogP contribution in [0.5, 0.6) is 0 Å². The van der Waals surface area contributed by atoms with Crippen molar-refractivity contribution in [3.63, 3.8) is 0 Å². The number of nitrogens with zero attached hydrogens (tertiary/aromatic N) is 1. The maximum Gasteiger partial charge on any atom is 0.171 e. The molecule has 0 amide bonds. The van der Waals surface area contributed by atoms with Crippen LogP contribution in [0.2, 0.25) is 0 Å². The molecule has 100 valence electrons. The fourth-order valence-electron chi connectivity index (χ4n) is 2.46. The van der Waals surface area contributed by atoms with E-state index in [4.69, 9.17) is 5.26 Å². The molecule has 2 nitrogen and oxygen atoms in total. The quantitative estimate of drug-likeness (QED) is 0.776. The topological polar surface area (TPSA) is 40.9 Å². The van der Waals surface area contributed by atoms with Gasteiger partial charge in [-0.15, -0.1) is 0 Å². The minimum Gasteiger partial charge on any atom is -0.293 e. The van der Waals surface area contributed by atoms with Crippen LogP contribution < -0.4 is 0 Å². The third-order valence-electron chi connectivity index (χ3n) is 3.32. The first-order chi connectivity index (χ1) is 9.61. The van der Waals surface area contributed by atoms with Gasteiger partial charge in [-0.05, 0) is 31.5 Å². The molecule has 0 saturated heterocycles. The highest BCUT2D eigenvalue weighted by Crippen LogP contribution is 2.25. The van der Waals surface area contributed by atoms with Crippen LogP contribution in [0.4, 0.5) is 0 Å². The number of carbonyl (C=O) groups is 1. The van der Waals surface area contributed by atoms with Crippen LogP contribution in [0.3, 0.4) is 0 Å². The monoisotopic (exact) mass is 263 g/mol. The van der Waals surface area contributed by atoms with Crippen molar-refractivity contribution in [1.29, 1.82) is 5.26 Å². The summed E-state index contributed by atoms with van der Waals surface area (Å²) in [7, 11) is 0. The molecule has 0 spiro atoms. The third kappa shape index (κ3) is 3.13. The number of nitriles is 1. The summed E-state index contributed by atoms with van der Waals surface area (Å²) >= 11 is 0. The Morgan fingerprint density at radius 1 is 1.10 bits per heavy atom. The molecule has 0 saturated carbocycles. The second-order valence-corrected chi connectivity index (χ2v) is 5.07. The predicted octanol–water partition coefficient (Wildman–Crippen LogP) is 4.18. The second kappa shape index (κ2) is 6.16. The number of carbonyl (C=O) groups excluding carboxylic acids is 1. The summed E-state index contributed by atoms with van der Waals surface area (Å²) in [6, 6.07) is 17.5. The molecule has 0 aliphatic heterocycles. The Hall–Kier alpha value is -2.40. The number of hydrogen-bond acceptors (Lipinski definition) is 2. The minimum atomic E-state index is -0.387. The van der Waals surface area contributed by atoms with Crippen LogP contribution in [-0.2, 0) is 0 Å². The standard InChI is InChI=1S/C18H17NO/c1-13-10-14(2)12-16(11-13)18(20)17(8-9-19)15-6-4-3-5-7-15/h3-7,10-12,17H,8H2,1-2H3. The zero-order valence-electron chi connectivity index (χ0n) is 11.8. The Bertz CT molecular complexity index is 633. The molecule has 0 N–H and O–H groups in total. The van der Waals surface area contributed by atoms with Crippen molar-refractivity contribution in [3.05, 3.63) is 70.8 Å². The van der Waals surface area contributed by atoms with Crippen molar-refractivity contribution in [3.8, 4) is 6.07 Å². The fourth-order valence-corrected chi connectivity index (χ4v) is 2.46. The van der Waals surface area contributed by atoms with Gasteiger partial charge in [-0.3, -0.25) is 4.79 Å². The van der Waals surface area contributed by atoms with Crippen LogP contribution in [0.15, 0.2) is 48.5 Å². The highest BCUT2D eigenvalue weighted by molar-refractivity contribution is 6.01. The zero-order valence-corrected chi connectivity index (χ0v) is 11.8. The van der Waals surface area contributed by atoms with E-state index in [0.717, 1.165) is 16.7 Å². The van der Waals surface area contributed by atoms with Gasteiger partial charge in [0.15, 0.2) is 5.78 Å². The molecule has 0 bridgehead atoms. The van der Waals surface area contributed by atoms with Gasteiger partial charge < -0.3 is 0 Å². The van der Waals surface area contributed by atoms with Crippen LogP contribution in [0.25, 0.3) is 0 Å². The lowest BCUT2D eigenvalue weighted by Gasteiger charge is -2.14. The number of rotatable bonds is 4. The van der Waals surface area contributed by atoms with Gasteiger partial charge in [-0.1, -0.05) is 47.5 Å². The van der Waals surface area contributed by atoms with Crippen molar-refractivity contribution in [2.75, 3.05) is 0 Å². The smallest absolute Gasteiger partial charge is 0.171 e. The van der Waals surface area contributed by atoms with Gasteiger partial charge in [-0.2, -0.15) is 5.26 Å². The highest BCUT2D eigenvalue weighted by Gasteiger charge is 2.22. The first-order valence-corrected chi connectivity index (χ1v) is 6.66. The van der Waals surface area contributed by atoms with Crippen molar-refractivity contribution in [2.24, 2.45) is 0 Å². The van der Waals surface area contributed by atoms with Crippen LogP contribution in [0, 0.1) is 25.2 Å². The van der Waals surface area contributed by atoms with Crippen LogP contribution in [0.1, 0.15) is 39.4 Å². The normalized spacial score (nSPS) is 11.7. The molecule has 20 heavy (non-hydrogen) atoms. The maximum absolute atomic E-state index is 12.7. The molecule has 0 aliphatic rings. The molecule has 0 radical (unpaired) electrons. The van der Waals surface area contributed by atoms with Crippen LogP contribution in [-0.4, -0.2) is 5.78 Å². The van der Waals surface area contributed by atoms with Gasteiger partial charge in [0.05, 0.1) is 12.0 Å². The van der Waals surface area contributed by atoms with Gasteiger partial charge in [0.2, 0.25) is 0 Å². The summed E-state index contributed by atoms with van der Waals surface area (Å²) in [5.41, 5.74) is 3.72. The lowest BCUT2D eigenvalue weighted by molar-refractivity contribution is 0.0960. The van der Waals surface area contributed by atoms with Gasteiger partial charge in [0, 0.05) is 12.0 Å². The molecule has 2 rings (SSSR count). The average Bonchev–Trinajstić information content (AvgIpc) is 2.44. The van der Waals surface area contributed by atoms with Crippen molar-refractivity contribution >= 4 is 5.78 Å². The summed E-state index contributed by atoms with van der Waals surface area (Å²) < 4.78 is 0. The molecule has 0 heterocycles. The van der Waals surface area contributed by atoms with Gasteiger partial charge >= 0.3 is 0 Å². The van der Waals surface area contributed by atoms with E-state index in [1.165, 1.54) is 0 Å². The lowest BCUT2D eigenvalue weighted by Crippen LogP contribution is -2.13. The van der Waals surface area contributed by atoms with E-state index < -0.39 is 0 Å². The number of Topliss-reactive ketones (excluding diaryl/α,β-unsaturated/α-hetero) is 1. The molecule has 2 aromatic rings. The molecule has 2 aromatic carbocycles. The van der Waals surface area contributed by atoms with Crippen molar-refractivity contribution in [1.82, 2.24) is 0 Å². The Labute approximate surface area is 119 Å². The Kier molecular flexibility index (Phi) is 4.32. The Morgan fingerprint density at radius 3 is 2.25 bits per heavy atom. The summed E-state index contributed by atoms with van der Waals surface area (Å²) in [6.45, 7) is 3.96. The number of benzene rings is 2. The Balaban J connectivity index is 2.39. The van der Waals surface area contributed by atoms with E-state index >= 15 is 0 Å². The number of ketones is 1. The maximum atomic E-state index is 12.7. The van der Waals surface area contributed by atoms with E-state index in [1.807, 2.05) is 62.4 Å². The summed E-state index contributed by atoms with van der Waals surface area (Å²) in [6.07, 6.45) is 0.204. The van der Waals surface area contributed by atoms with E-state index in [9.17, 15) is 4.79 Å². The van der Waals surface area contributed by atoms with Crippen molar-refractivity contribution in [2.45, 2.75) is 26.2 Å². The van der Waals surface area contributed by atoms with Gasteiger partial charge in [-0.25, -0.2) is 0 Å². The highest BCUT2D eigenvalue weighted by atomic mass is 16.1. The van der Waals surface area contributed by atoms with Gasteiger partial charge in [0.25, 0.3) is 0 Å². The summed E-state index contributed by atoms with van der Waals surface area (Å²) in [4.78, 5) is 12.7.